The van der Waals surface area contributed by atoms with Crippen LogP contribution in [0.15, 0.2) is 47.7 Å². The minimum absolute atomic E-state index is 0.0271. The van der Waals surface area contributed by atoms with Crippen LogP contribution >= 0.6 is 0 Å². The molecule has 2 aromatic heterocycles. The predicted molar refractivity (Wildman–Crippen MR) is 113 cm³/mol. The molecule has 8 nitrogen and oxygen atoms in total. The Morgan fingerprint density at radius 2 is 1.80 bits per heavy atom. The number of cyclic esters (lactones) is 1. The van der Waals surface area contributed by atoms with E-state index < -0.39 is 5.60 Å². The number of hydrogen-bond acceptors (Lipinski definition) is 5. The monoisotopic (exact) mass is 409 g/mol. The van der Waals surface area contributed by atoms with Crippen molar-refractivity contribution < 1.29 is 9.53 Å². The second-order valence-electron chi connectivity index (χ2n) is 8.35. The number of carbonyl (C=O) groups excluding carboxylic acids is 1. The minimum atomic E-state index is -0.462. The SMILES string of the molecule is CC1(C)OC(=O)N(C2CCCCC2)C1c1ccccc1.O=c1[nH]c2cncnc2[nH]1. The zero-order chi connectivity index (χ0) is 21.1. The number of H-pyrrole nitrogens is 2. The van der Waals surface area contributed by atoms with Crippen LogP contribution in [0.3, 0.4) is 0 Å². The summed E-state index contributed by atoms with van der Waals surface area (Å²) in [6.07, 6.45) is 8.72. The zero-order valence-electron chi connectivity index (χ0n) is 17.3. The number of imidazole rings is 1. The van der Waals surface area contributed by atoms with Gasteiger partial charge in [-0.2, -0.15) is 0 Å². The van der Waals surface area contributed by atoms with E-state index >= 15 is 0 Å². The molecule has 3 aromatic rings. The maximum absolute atomic E-state index is 12.4. The fraction of sp³-hybridized carbons (Fsp3) is 0.455. The Morgan fingerprint density at radius 1 is 1.07 bits per heavy atom. The molecule has 1 aliphatic heterocycles. The number of amides is 1. The van der Waals surface area contributed by atoms with Gasteiger partial charge in [0.2, 0.25) is 0 Å². The number of aromatic amines is 2. The summed E-state index contributed by atoms with van der Waals surface area (Å²) in [4.78, 5) is 37.5. The first-order valence-electron chi connectivity index (χ1n) is 10.4. The number of fused-ring (bicyclic) bond motifs is 1. The fourth-order valence-electron chi connectivity index (χ4n) is 4.47. The Morgan fingerprint density at radius 3 is 2.50 bits per heavy atom. The fourth-order valence-corrected chi connectivity index (χ4v) is 4.47. The van der Waals surface area contributed by atoms with E-state index in [1.54, 1.807) is 6.20 Å². The molecule has 0 spiro atoms. The summed E-state index contributed by atoms with van der Waals surface area (Å²) in [6, 6.07) is 10.6. The highest BCUT2D eigenvalue weighted by Gasteiger charge is 2.50. The number of benzene rings is 1. The van der Waals surface area contributed by atoms with Gasteiger partial charge in [-0.15, -0.1) is 0 Å². The average molecular weight is 409 g/mol. The first kappa shape index (κ1) is 20.1. The Kier molecular flexibility index (Phi) is 5.57. The molecule has 2 fully saturated rings. The van der Waals surface area contributed by atoms with Crippen LogP contribution in [0.4, 0.5) is 4.79 Å². The van der Waals surface area contributed by atoms with E-state index in [9.17, 15) is 9.59 Å². The second kappa shape index (κ2) is 8.30. The average Bonchev–Trinajstić information content (AvgIpc) is 3.24. The van der Waals surface area contributed by atoms with Crippen LogP contribution in [0.5, 0.6) is 0 Å². The van der Waals surface area contributed by atoms with Gasteiger partial charge in [-0.3, -0.25) is 9.88 Å². The largest absolute Gasteiger partial charge is 0.441 e. The molecule has 30 heavy (non-hydrogen) atoms. The summed E-state index contributed by atoms with van der Waals surface area (Å²) >= 11 is 0. The van der Waals surface area contributed by atoms with Crippen LogP contribution in [0.2, 0.25) is 0 Å². The van der Waals surface area contributed by atoms with Crippen molar-refractivity contribution in [3.63, 3.8) is 0 Å². The molecular formula is C22H27N5O3. The second-order valence-corrected chi connectivity index (χ2v) is 8.35. The number of carbonyl (C=O) groups is 1. The van der Waals surface area contributed by atoms with E-state index in [4.69, 9.17) is 4.74 Å². The Hall–Kier alpha value is -3.16. The first-order chi connectivity index (χ1) is 14.5. The summed E-state index contributed by atoms with van der Waals surface area (Å²) in [7, 11) is 0. The molecule has 1 amide bonds. The molecule has 158 valence electrons. The number of ether oxygens (including phenoxy) is 1. The third kappa shape index (κ3) is 4.08. The molecule has 1 aliphatic carbocycles. The van der Waals surface area contributed by atoms with Crippen molar-refractivity contribution in [3.8, 4) is 0 Å². The van der Waals surface area contributed by atoms with Gasteiger partial charge in [-0.1, -0.05) is 49.6 Å². The Balaban J connectivity index is 0.000000181. The molecule has 0 radical (unpaired) electrons. The quantitative estimate of drug-likeness (QED) is 0.667. The predicted octanol–water partition coefficient (Wildman–Crippen LogP) is 3.94. The van der Waals surface area contributed by atoms with Crippen LogP contribution in [0, 0.1) is 0 Å². The lowest BCUT2D eigenvalue weighted by molar-refractivity contribution is 0.0665. The number of rotatable bonds is 2. The van der Waals surface area contributed by atoms with E-state index in [1.165, 1.54) is 31.2 Å². The Labute approximate surface area is 174 Å². The van der Waals surface area contributed by atoms with Crippen molar-refractivity contribution in [1.29, 1.82) is 0 Å². The van der Waals surface area contributed by atoms with Gasteiger partial charge in [0.1, 0.15) is 17.4 Å². The van der Waals surface area contributed by atoms with Gasteiger partial charge in [-0.25, -0.2) is 19.6 Å². The van der Waals surface area contributed by atoms with Crippen molar-refractivity contribution in [2.24, 2.45) is 0 Å². The van der Waals surface area contributed by atoms with E-state index in [2.05, 4.69) is 32.1 Å². The van der Waals surface area contributed by atoms with E-state index in [-0.39, 0.29) is 17.8 Å². The molecule has 1 aromatic carbocycles. The Bertz CT molecular complexity index is 1020. The van der Waals surface area contributed by atoms with Crippen LogP contribution in [-0.2, 0) is 4.74 Å². The van der Waals surface area contributed by atoms with Crippen LogP contribution in [0.1, 0.15) is 57.6 Å². The molecule has 1 unspecified atom stereocenters. The molecule has 2 aliphatic rings. The lowest BCUT2D eigenvalue weighted by atomic mass is 9.87. The van der Waals surface area contributed by atoms with Crippen LogP contribution < -0.4 is 5.69 Å². The van der Waals surface area contributed by atoms with Gasteiger partial charge >= 0.3 is 11.8 Å². The van der Waals surface area contributed by atoms with Crippen LogP contribution in [0.25, 0.3) is 11.2 Å². The van der Waals surface area contributed by atoms with Gasteiger partial charge in [0.05, 0.1) is 12.2 Å². The normalized spacial score (nSPS) is 21.2. The summed E-state index contributed by atoms with van der Waals surface area (Å²) < 4.78 is 5.67. The lowest BCUT2D eigenvalue weighted by Gasteiger charge is -2.36. The summed E-state index contributed by atoms with van der Waals surface area (Å²) in [5.74, 6) is 0. The van der Waals surface area contributed by atoms with Crippen molar-refractivity contribution in [3.05, 3.63) is 58.9 Å². The maximum atomic E-state index is 12.4. The molecule has 0 bridgehead atoms. The van der Waals surface area contributed by atoms with Crippen molar-refractivity contribution in [2.75, 3.05) is 0 Å². The van der Waals surface area contributed by atoms with E-state index in [1.807, 2.05) is 36.9 Å². The summed E-state index contributed by atoms with van der Waals surface area (Å²) in [5, 5.41) is 0. The molecular weight excluding hydrogens is 382 g/mol. The smallest absolute Gasteiger partial charge is 0.411 e. The van der Waals surface area contributed by atoms with Gasteiger partial charge in [0.25, 0.3) is 0 Å². The van der Waals surface area contributed by atoms with Crippen molar-refractivity contribution in [2.45, 2.75) is 63.6 Å². The number of nitrogens with one attached hydrogen (secondary N) is 2. The molecule has 5 rings (SSSR count). The van der Waals surface area contributed by atoms with E-state index in [0.717, 1.165) is 12.8 Å². The third-order valence-electron chi connectivity index (χ3n) is 5.77. The van der Waals surface area contributed by atoms with Gasteiger partial charge in [-0.05, 0) is 32.3 Å². The van der Waals surface area contributed by atoms with E-state index in [0.29, 0.717) is 17.2 Å². The highest BCUT2D eigenvalue weighted by Crippen LogP contribution is 2.44. The molecule has 2 N–H and O–H groups in total. The number of nitrogens with zero attached hydrogens (tertiary/aromatic N) is 3. The van der Waals surface area contributed by atoms with Crippen LogP contribution in [-0.4, -0.2) is 42.6 Å². The van der Waals surface area contributed by atoms with Gasteiger partial charge < -0.3 is 9.72 Å². The molecule has 3 heterocycles. The first-order valence-corrected chi connectivity index (χ1v) is 10.4. The maximum Gasteiger partial charge on any atom is 0.411 e. The summed E-state index contributed by atoms with van der Waals surface area (Å²) in [6.45, 7) is 4.04. The molecule has 1 saturated carbocycles. The molecule has 1 atom stereocenters. The summed E-state index contributed by atoms with van der Waals surface area (Å²) in [5.41, 5.74) is 1.63. The topological polar surface area (TPSA) is 104 Å². The minimum Gasteiger partial charge on any atom is -0.441 e. The lowest BCUT2D eigenvalue weighted by Crippen LogP contribution is -2.41. The number of aromatic nitrogens is 4. The molecule has 1 saturated heterocycles. The van der Waals surface area contributed by atoms with Crippen molar-refractivity contribution >= 4 is 17.3 Å². The molecule has 8 heteroatoms. The van der Waals surface area contributed by atoms with Crippen molar-refractivity contribution in [1.82, 2.24) is 24.8 Å². The van der Waals surface area contributed by atoms with Gasteiger partial charge in [0.15, 0.2) is 5.65 Å². The number of hydrogen-bond donors (Lipinski definition) is 2. The third-order valence-corrected chi connectivity index (χ3v) is 5.77. The highest BCUT2D eigenvalue weighted by atomic mass is 16.6. The zero-order valence-corrected chi connectivity index (χ0v) is 17.3. The standard InChI is InChI=1S/C17H23NO2.C5H4N4O/c1-17(2)15(13-9-5-3-6-10-13)18(16(19)20-17)14-11-7-4-8-12-14;10-5-8-3-1-6-2-7-4(3)9-5/h3,5-6,9-10,14-15H,4,7-8,11-12H2,1-2H3;1-2H,(H2,6,7,8,9,10). The van der Waals surface area contributed by atoms with Gasteiger partial charge in [0, 0.05) is 6.04 Å². The highest BCUT2D eigenvalue weighted by molar-refractivity contribution is 5.72.